The van der Waals surface area contributed by atoms with E-state index in [2.05, 4.69) is 5.16 Å². The van der Waals surface area contributed by atoms with Crippen LogP contribution in [0.3, 0.4) is 0 Å². The van der Waals surface area contributed by atoms with Gasteiger partial charge >= 0.3 is 5.19 Å². The lowest BCUT2D eigenvalue weighted by Gasteiger charge is -2.25. The smallest absolute Gasteiger partial charge is 0.304 e. The Morgan fingerprint density at radius 1 is 1.41 bits per heavy atom. The minimum Gasteiger partial charge on any atom is -0.512 e. The van der Waals surface area contributed by atoms with Gasteiger partial charge in [0.15, 0.2) is 5.78 Å². The zero-order chi connectivity index (χ0) is 20.9. The zero-order valence-electron chi connectivity index (χ0n) is 16.7. The first-order valence-corrected chi connectivity index (χ1v) is 10.7. The highest BCUT2D eigenvalue weighted by atomic mass is 32.2. The summed E-state index contributed by atoms with van der Waals surface area (Å²) in [5.41, 5.74) is 2.26. The normalized spacial score (nSPS) is 24.9. The number of hydrogen-bond acceptors (Lipinski definition) is 6. The molecule has 0 saturated heterocycles. The number of oxime groups is 1. The number of alkyl halides is 1. The molecular formula is C22H26FNO4S. The van der Waals surface area contributed by atoms with Gasteiger partial charge in [-0.05, 0) is 55.7 Å². The third-order valence-electron chi connectivity index (χ3n) is 4.88. The minimum atomic E-state index is -1.79. The Hall–Kier alpha value is -2.28. The number of allylic oxidation sites excluding steroid dienone is 2. The van der Waals surface area contributed by atoms with Crippen LogP contribution < -0.4 is 4.74 Å². The lowest BCUT2D eigenvalue weighted by molar-refractivity contribution is -0.116. The van der Waals surface area contributed by atoms with E-state index in [4.69, 9.17) is 9.57 Å². The summed E-state index contributed by atoms with van der Waals surface area (Å²) in [5.74, 6) is 0.325. The topological polar surface area (TPSA) is 68.1 Å². The first kappa shape index (κ1) is 21.4. The van der Waals surface area contributed by atoms with E-state index in [1.54, 1.807) is 29.8 Å². The Morgan fingerprint density at radius 2 is 2.24 bits per heavy atom. The largest absolute Gasteiger partial charge is 0.512 e. The summed E-state index contributed by atoms with van der Waals surface area (Å²) >= 11 is 1.03. The number of nitrogens with zero attached hydrogens (tertiary/aromatic N) is 1. The first-order valence-electron chi connectivity index (χ1n) is 9.79. The molecule has 0 aromatic heterocycles. The molecule has 1 aliphatic heterocycles. The second-order valence-corrected chi connectivity index (χ2v) is 8.37. The van der Waals surface area contributed by atoms with Gasteiger partial charge in [-0.25, -0.2) is 0 Å². The van der Waals surface area contributed by atoms with Crippen LogP contribution in [0.4, 0.5) is 4.39 Å². The quantitative estimate of drug-likeness (QED) is 0.427. The molecule has 0 radical (unpaired) electrons. The summed E-state index contributed by atoms with van der Waals surface area (Å²) in [4.78, 5) is 17.4. The molecule has 1 N–H and O–H groups in total. The van der Waals surface area contributed by atoms with Crippen molar-refractivity contribution in [2.24, 2.45) is 5.16 Å². The SMILES string of the molecule is CCON=CCCC1=C(O)CC(c2cccc(OC3(F)CC(C)=CS3)c2)CC1=O. The third kappa shape index (κ3) is 5.63. The van der Waals surface area contributed by atoms with E-state index in [0.717, 1.165) is 22.9 Å². The van der Waals surface area contributed by atoms with Crippen LogP contribution in [0.25, 0.3) is 0 Å². The number of carbonyl (C=O) groups is 1. The average Bonchev–Trinajstić information content (AvgIpc) is 3.01. The maximum Gasteiger partial charge on any atom is 0.304 e. The van der Waals surface area contributed by atoms with Crippen LogP contribution in [0.1, 0.15) is 57.4 Å². The molecule has 1 aromatic rings. The van der Waals surface area contributed by atoms with Gasteiger partial charge in [0.25, 0.3) is 0 Å². The monoisotopic (exact) mass is 419 g/mol. The zero-order valence-corrected chi connectivity index (χ0v) is 17.5. The molecule has 5 nitrogen and oxygen atoms in total. The number of benzene rings is 1. The van der Waals surface area contributed by atoms with Crippen molar-refractivity contribution in [3.8, 4) is 5.75 Å². The minimum absolute atomic E-state index is 0.0667. The van der Waals surface area contributed by atoms with Crippen molar-refractivity contribution in [3.05, 3.63) is 52.1 Å². The van der Waals surface area contributed by atoms with E-state index < -0.39 is 5.19 Å². The maximum atomic E-state index is 14.8. The van der Waals surface area contributed by atoms with Crippen LogP contribution in [0.15, 0.2) is 51.7 Å². The highest BCUT2D eigenvalue weighted by Gasteiger charge is 2.37. The van der Waals surface area contributed by atoms with Crippen molar-refractivity contribution < 1.29 is 23.9 Å². The van der Waals surface area contributed by atoms with Crippen LogP contribution in [-0.2, 0) is 9.63 Å². The van der Waals surface area contributed by atoms with E-state index in [9.17, 15) is 14.3 Å². The van der Waals surface area contributed by atoms with Crippen molar-refractivity contribution in [3.63, 3.8) is 0 Å². The summed E-state index contributed by atoms with van der Waals surface area (Å²) in [5, 5.41) is 14.2. The maximum absolute atomic E-state index is 14.8. The van der Waals surface area contributed by atoms with Gasteiger partial charge in [0.1, 0.15) is 12.4 Å². The number of aliphatic hydroxyl groups is 1. The molecule has 0 saturated carbocycles. The van der Waals surface area contributed by atoms with Gasteiger partial charge < -0.3 is 14.7 Å². The summed E-state index contributed by atoms with van der Waals surface area (Å²) in [7, 11) is 0. The number of ether oxygens (including phenoxy) is 1. The molecule has 2 aliphatic rings. The average molecular weight is 420 g/mol. The molecular weight excluding hydrogens is 393 g/mol. The van der Waals surface area contributed by atoms with Gasteiger partial charge in [-0.15, -0.1) is 0 Å². The standard InChI is InChI=1S/C22H26FNO4S/c1-3-27-24-9-5-8-19-20(25)11-17(12-21(19)26)16-6-4-7-18(10-16)28-22(23)13-15(2)14-29-22/h4,6-7,9-10,14,17,25H,3,5,8,11-13H2,1-2H3. The predicted octanol–water partition coefficient (Wildman–Crippen LogP) is 5.79. The molecule has 0 spiro atoms. The molecule has 0 bridgehead atoms. The van der Waals surface area contributed by atoms with Crippen molar-refractivity contribution in [2.45, 2.75) is 57.1 Å². The number of carbonyl (C=O) groups excluding carboxylic acids is 1. The Labute approximate surface area is 174 Å². The molecule has 1 aromatic carbocycles. The van der Waals surface area contributed by atoms with Crippen LogP contribution >= 0.6 is 11.8 Å². The molecule has 29 heavy (non-hydrogen) atoms. The first-order chi connectivity index (χ1) is 13.9. The number of rotatable bonds is 8. The Balaban J connectivity index is 1.65. The van der Waals surface area contributed by atoms with Crippen molar-refractivity contribution in [2.75, 3.05) is 6.61 Å². The lowest BCUT2D eigenvalue weighted by atomic mass is 9.81. The fourth-order valence-electron chi connectivity index (χ4n) is 3.52. The summed E-state index contributed by atoms with van der Waals surface area (Å²) in [6.45, 7) is 4.21. The second-order valence-electron chi connectivity index (χ2n) is 7.29. The van der Waals surface area contributed by atoms with E-state index >= 15 is 0 Å². The van der Waals surface area contributed by atoms with Crippen LogP contribution in [0.5, 0.6) is 5.75 Å². The second kappa shape index (κ2) is 9.48. The summed E-state index contributed by atoms with van der Waals surface area (Å²) in [6, 6.07) is 7.15. The van der Waals surface area contributed by atoms with Crippen molar-refractivity contribution in [1.29, 1.82) is 0 Å². The van der Waals surface area contributed by atoms with E-state index in [1.807, 2.05) is 19.9 Å². The molecule has 156 valence electrons. The number of thioether (sulfide) groups is 1. The molecule has 1 heterocycles. The van der Waals surface area contributed by atoms with Gasteiger partial charge in [0.05, 0.1) is 12.2 Å². The molecule has 0 fully saturated rings. The van der Waals surface area contributed by atoms with E-state index in [-0.39, 0.29) is 23.9 Å². The summed E-state index contributed by atoms with van der Waals surface area (Å²) in [6.07, 6.45) is 3.48. The predicted molar refractivity (Wildman–Crippen MR) is 113 cm³/mol. The fraction of sp³-hybridized carbons (Fsp3) is 0.455. The summed E-state index contributed by atoms with van der Waals surface area (Å²) < 4.78 is 20.3. The molecule has 2 atom stereocenters. The van der Waals surface area contributed by atoms with Gasteiger partial charge in [0, 0.05) is 24.6 Å². The number of halogens is 1. The van der Waals surface area contributed by atoms with Crippen molar-refractivity contribution in [1.82, 2.24) is 0 Å². The van der Waals surface area contributed by atoms with Gasteiger partial charge in [-0.2, -0.15) is 4.39 Å². The molecule has 2 unspecified atom stereocenters. The third-order valence-corrected chi connectivity index (χ3v) is 5.98. The van der Waals surface area contributed by atoms with E-state index in [0.29, 0.717) is 43.6 Å². The molecule has 1 aliphatic carbocycles. The number of Topliss-reactive ketones (excluding diaryl/α,β-unsaturated/α-hetero) is 1. The molecule has 0 amide bonds. The van der Waals surface area contributed by atoms with Gasteiger partial charge in [-0.1, -0.05) is 34.6 Å². The van der Waals surface area contributed by atoms with E-state index in [1.165, 1.54) is 0 Å². The highest BCUT2D eigenvalue weighted by Crippen LogP contribution is 2.44. The van der Waals surface area contributed by atoms with Crippen molar-refractivity contribution >= 4 is 23.8 Å². The molecule has 3 rings (SSSR count). The Morgan fingerprint density at radius 3 is 2.93 bits per heavy atom. The Bertz CT molecular complexity index is 851. The van der Waals surface area contributed by atoms with Gasteiger partial charge in [-0.3, -0.25) is 4.79 Å². The van der Waals surface area contributed by atoms with Crippen LogP contribution in [0, 0.1) is 0 Å². The number of ketones is 1. The van der Waals surface area contributed by atoms with Gasteiger partial charge in [0.2, 0.25) is 0 Å². The fourth-order valence-corrected chi connectivity index (χ4v) is 4.43. The lowest BCUT2D eigenvalue weighted by Crippen LogP contribution is -2.23. The molecule has 7 heteroatoms. The van der Waals surface area contributed by atoms with Crippen LogP contribution in [0.2, 0.25) is 0 Å². The van der Waals surface area contributed by atoms with Crippen LogP contribution in [-0.4, -0.2) is 28.9 Å². The number of aliphatic hydroxyl groups excluding tert-OH is 1. The highest BCUT2D eigenvalue weighted by molar-refractivity contribution is 8.03. The Kier molecular flexibility index (Phi) is 7.00. The number of hydrogen-bond donors (Lipinski definition) is 1.